The second kappa shape index (κ2) is 5.14. The molecule has 0 saturated heterocycles. The molecule has 1 atom stereocenters. The Kier molecular flexibility index (Phi) is 3.78. The first-order valence-electron chi connectivity index (χ1n) is 5.36. The van der Waals surface area contributed by atoms with E-state index in [1.165, 1.54) is 0 Å². The van der Waals surface area contributed by atoms with Crippen LogP contribution in [0.15, 0.2) is 8.86 Å². The van der Waals surface area contributed by atoms with E-state index in [-0.39, 0.29) is 11.2 Å². The van der Waals surface area contributed by atoms with Crippen LogP contribution >= 0.6 is 23.1 Å². The molecule has 0 amide bonds. The van der Waals surface area contributed by atoms with Crippen molar-refractivity contribution in [2.24, 2.45) is 0 Å². The first kappa shape index (κ1) is 12.5. The molecule has 2 rings (SSSR count). The lowest BCUT2D eigenvalue weighted by molar-refractivity contribution is 0.373. The molecule has 0 aliphatic heterocycles. The van der Waals surface area contributed by atoms with E-state index in [1.807, 2.05) is 27.7 Å². The molecule has 5 nitrogen and oxygen atoms in total. The summed E-state index contributed by atoms with van der Waals surface area (Å²) in [4.78, 5) is 4.37. The first-order chi connectivity index (χ1) is 8.06. The van der Waals surface area contributed by atoms with Gasteiger partial charge in [-0.05, 0) is 13.8 Å². The normalized spacial score (nSPS) is 13.2. The number of hydrogen-bond acceptors (Lipinski definition) is 7. The van der Waals surface area contributed by atoms with Crippen LogP contribution in [-0.2, 0) is 0 Å². The van der Waals surface area contributed by atoms with Crippen molar-refractivity contribution in [3.8, 4) is 0 Å². The molecule has 17 heavy (non-hydrogen) atoms. The molecular formula is C10H14N4OS2. The van der Waals surface area contributed by atoms with Gasteiger partial charge < -0.3 is 4.52 Å². The lowest BCUT2D eigenvalue weighted by atomic mass is 10.2. The topological polar surface area (TPSA) is 64.7 Å². The summed E-state index contributed by atoms with van der Waals surface area (Å²) < 4.78 is 6.17. The summed E-state index contributed by atoms with van der Waals surface area (Å²) in [5.74, 6) is 1.68. The average molecular weight is 270 g/mol. The van der Waals surface area contributed by atoms with E-state index in [0.29, 0.717) is 5.89 Å². The summed E-state index contributed by atoms with van der Waals surface area (Å²) in [6.45, 7) is 8.05. The Morgan fingerprint density at radius 1 is 1.24 bits per heavy atom. The SMILES string of the molecule is Cc1nnc(SC(C)c2nc(C(C)C)no2)s1. The van der Waals surface area contributed by atoms with E-state index in [9.17, 15) is 0 Å². The molecule has 0 bridgehead atoms. The Hall–Kier alpha value is -0.950. The zero-order chi connectivity index (χ0) is 12.4. The summed E-state index contributed by atoms with van der Waals surface area (Å²) in [6.07, 6.45) is 0. The van der Waals surface area contributed by atoms with Crippen LogP contribution in [0.1, 0.15) is 48.7 Å². The zero-order valence-corrected chi connectivity index (χ0v) is 11.8. The van der Waals surface area contributed by atoms with E-state index in [0.717, 1.165) is 15.2 Å². The van der Waals surface area contributed by atoms with Gasteiger partial charge >= 0.3 is 0 Å². The Labute approximate surface area is 108 Å². The number of hydrogen-bond donors (Lipinski definition) is 0. The molecule has 92 valence electrons. The van der Waals surface area contributed by atoms with Gasteiger partial charge in [-0.3, -0.25) is 0 Å². The molecule has 2 aromatic rings. The monoisotopic (exact) mass is 270 g/mol. The zero-order valence-electron chi connectivity index (χ0n) is 10.2. The van der Waals surface area contributed by atoms with Gasteiger partial charge in [-0.1, -0.05) is 42.1 Å². The minimum atomic E-state index is 0.0994. The van der Waals surface area contributed by atoms with E-state index in [4.69, 9.17) is 4.52 Å². The third kappa shape index (κ3) is 3.04. The fourth-order valence-electron chi connectivity index (χ4n) is 1.17. The highest BCUT2D eigenvalue weighted by molar-refractivity contribution is 8.01. The highest BCUT2D eigenvalue weighted by atomic mass is 32.2. The minimum Gasteiger partial charge on any atom is -0.338 e. The predicted molar refractivity (Wildman–Crippen MR) is 67.3 cm³/mol. The molecule has 2 heterocycles. The number of aromatic nitrogens is 4. The van der Waals surface area contributed by atoms with Gasteiger partial charge in [-0.2, -0.15) is 4.98 Å². The molecule has 0 saturated carbocycles. The maximum atomic E-state index is 5.24. The fourth-order valence-corrected chi connectivity index (χ4v) is 3.16. The molecule has 0 spiro atoms. The van der Waals surface area contributed by atoms with Crippen molar-refractivity contribution in [3.05, 3.63) is 16.7 Å². The molecular weight excluding hydrogens is 256 g/mol. The van der Waals surface area contributed by atoms with Crippen molar-refractivity contribution in [2.45, 2.75) is 43.2 Å². The maximum absolute atomic E-state index is 5.24. The van der Waals surface area contributed by atoms with Crippen LogP contribution in [0.25, 0.3) is 0 Å². The average Bonchev–Trinajstić information content (AvgIpc) is 2.86. The van der Waals surface area contributed by atoms with Crippen molar-refractivity contribution in [3.63, 3.8) is 0 Å². The van der Waals surface area contributed by atoms with Crippen LogP contribution in [0.2, 0.25) is 0 Å². The minimum absolute atomic E-state index is 0.0994. The van der Waals surface area contributed by atoms with Gasteiger partial charge in [0.15, 0.2) is 10.2 Å². The largest absolute Gasteiger partial charge is 0.338 e. The van der Waals surface area contributed by atoms with Gasteiger partial charge in [-0.25, -0.2) is 0 Å². The van der Waals surface area contributed by atoms with Gasteiger partial charge in [-0.15, -0.1) is 10.2 Å². The van der Waals surface area contributed by atoms with E-state index in [2.05, 4.69) is 20.3 Å². The van der Waals surface area contributed by atoms with Crippen LogP contribution in [-0.4, -0.2) is 20.3 Å². The van der Waals surface area contributed by atoms with Crippen molar-refractivity contribution >= 4 is 23.1 Å². The second-order valence-corrected chi connectivity index (χ2v) is 6.76. The van der Waals surface area contributed by atoms with Crippen molar-refractivity contribution in [2.75, 3.05) is 0 Å². The van der Waals surface area contributed by atoms with Gasteiger partial charge in [0.25, 0.3) is 0 Å². The molecule has 0 N–H and O–H groups in total. The van der Waals surface area contributed by atoms with Crippen molar-refractivity contribution in [1.29, 1.82) is 0 Å². The number of aryl methyl sites for hydroxylation is 1. The first-order valence-corrected chi connectivity index (χ1v) is 7.06. The smallest absolute Gasteiger partial charge is 0.239 e. The van der Waals surface area contributed by atoms with Crippen LogP contribution in [0.3, 0.4) is 0 Å². The highest BCUT2D eigenvalue weighted by Crippen LogP contribution is 2.35. The molecule has 0 aromatic carbocycles. The van der Waals surface area contributed by atoms with Gasteiger partial charge in [0.1, 0.15) is 5.01 Å². The Balaban J connectivity index is 2.06. The fraction of sp³-hybridized carbons (Fsp3) is 0.600. The summed E-state index contributed by atoms with van der Waals surface area (Å²) in [5, 5.41) is 13.1. The maximum Gasteiger partial charge on any atom is 0.239 e. The Bertz CT molecular complexity index is 494. The number of rotatable bonds is 4. The van der Waals surface area contributed by atoms with Crippen LogP contribution in [0.4, 0.5) is 0 Å². The van der Waals surface area contributed by atoms with Crippen molar-refractivity contribution < 1.29 is 4.52 Å². The number of thioether (sulfide) groups is 1. The van der Waals surface area contributed by atoms with E-state index >= 15 is 0 Å². The van der Waals surface area contributed by atoms with Crippen molar-refractivity contribution in [1.82, 2.24) is 20.3 Å². The summed E-state index contributed by atoms with van der Waals surface area (Å²) >= 11 is 3.17. The van der Waals surface area contributed by atoms with Gasteiger partial charge in [0, 0.05) is 5.92 Å². The summed E-state index contributed by atoms with van der Waals surface area (Å²) in [5.41, 5.74) is 0. The third-order valence-electron chi connectivity index (χ3n) is 2.11. The van der Waals surface area contributed by atoms with Gasteiger partial charge in [0.05, 0.1) is 5.25 Å². The molecule has 0 fully saturated rings. The van der Waals surface area contributed by atoms with E-state index < -0.39 is 0 Å². The molecule has 2 aromatic heterocycles. The van der Waals surface area contributed by atoms with Crippen LogP contribution < -0.4 is 0 Å². The highest BCUT2D eigenvalue weighted by Gasteiger charge is 2.18. The molecule has 1 unspecified atom stereocenters. The number of nitrogens with zero attached hydrogens (tertiary/aromatic N) is 4. The molecule has 0 radical (unpaired) electrons. The quantitative estimate of drug-likeness (QED) is 0.795. The lowest BCUT2D eigenvalue weighted by Gasteiger charge is -2.01. The molecule has 7 heteroatoms. The standard InChI is InChI=1S/C10H14N4OS2/c1-5(2)8-11-9(15-14-8)6(3)16-10-13-12-7(4)17-10/h5-6H,1-4H3. The Morgan fingerprint density at radius 2 is 2.00 bits per heavy atom. The Morgan fingerprint density at radius 3 is 2.53 bits per heavy atom. The van der Waals surface area contributed by atoms with Crippen LogP contribution in [0, 0.1) is 6.92 Å². The second-order valence-electron chi connectivity index (χ2n) is 3.99. The molecule has 0 aliphatic rings. The summed E-state index contributed by atoms with van der Waals surface area (Å²) in [6, 6.07) is 0. The predicted octanol–water partition coefficient (Wildman–Crippen LogP) is 3.21. The van der Waals surface area contributed by atoms with Gasteiger partial charge in [0.2, 0.25) is 5.89 Å². The molecule has 0 aliphatic carbocycles. The lowest BCUT2D eigenvalue weighted by Crippen LogP contribution is -1.92. The van der Waals surface area contributed by atoms with E-state index in [1.54, 1.807) is 23.1 Å². The summed E-state index contributed by atoms with van der Waals surface area (Å²) in [7, 11) is 0. The van der Waals surface area contributed by atoms with Crippen LogP contribution in [0.5, 0.6) is 0 Å². The third-order valence-corrected chi connectivity index (χ3v) is 4.12.